The second-order valence-electron chi connectivity index (χ2n) is 7.31. The fraction of sp³-hybridized carbons (Fsp3) is 0.208. The third-order valence-electron chi connectivity index (χ3n) is 5.39. The van der Waals surface area contributed by atoms with Crippen LogP contribution < -0.4 is 14.8 Å². The van der Waals surface area contributed by atoms with Gasteiger partial charge in [-0.2, -0.15) is 0 Å². The summed E-state index contributed by atoms with van der Waals surface area (Å²) in [4.78, 5) is 0. The molecule has 1 unspecified atom stereocenters. The summed E-state index contributed by atoms with van der Waals surface area (Å²) < 4.78 is 13.0. The Morgan fingerprint density at radius 1 is 0.871 bits per heavy atom. The van der Waals surface area contributed by atoms with E-state index in [-0.39, 0.29) is 18.9 Å². The van der Waals surface area contributed by atoms with Crippen molar-refractivity contribution in [2.45, 2.75) is 19.0 Å². The van der Waals surface area contributed by atoms with Crippen molar-refractivity contribution in [3.05, 3.63) is 101 Å². The second kappa shape index (κ2) is 8.57. The van der Waals surface area contributed by atoms with Crippen LogP contribution in [0.25, 0.3) is 0 Å². The van der Waals surface area contributed by atoms with Gasteiger partial charge in [-0.25, -0.2) is 4.68 Å². The summed E-state index contributed by atoms with van der Waals surface area (Å²) in [6, 6.07) is 26.2. The minimum Gasteiger partial charge on any atom is -0.454 e. The van der Waals surface area contributed by atoms with Crippen LogP contribution in [0, 0.1) is 0 Å². The molecule has 5 rings (SSSR count). The van der Waals surface area contributed by atoms with E-state index in [1.54, 1.807) is 0 Å². The first-order chi connectivity index (χ1) is 15.3. The molecule has 0 spiro atoms. The number of hydrogen-bond donors (Lipinski definition) is 1. The molecular weight excluding hydrogens is 390 g/mol. The van der Waals surface area contributed by atoms with E-state index in [2.05, 4.69) is 52.0 Å². The van der Waals surface area contributed by atoms with E-state index < -0.39 is 0 Å². The van der Waals surface area contributed by atoms with Crippen LogP contribution in [-0.4, -0.2) is 33.5 Å². The summed E-state index contributed by atoms with van der Waals surface area (Å²) in [6.45, 7) is 3.07. The third-order valence-corrected chi connectivity index (χ3v) is 5.39. The largest absolute Gasteiger partial charge is 0.454 e. The lowest BCUT2D eigenvalue weighted by Crippen LogP contribution is -2.28. The molecule has 0 radical (unpaired) electrons. The van der Waals surface area contributed by atoms with Crippen molar-refractivity contribution in [1.82, 2.24) is 25.5 Å². The topological polar surface area (TPSA) is 74.1 Å². The van der Waals surface area contributed by atoms with E-state index in [4.69, 9.17) is 9.47 Å². The Labute approximate surface area is 180 Å². The molecule has 1 aliphatic heterocycles. The van der Waals surface area contributed by atoms with Crippen LogP contribution in [0.1, 0.15) is 41.5 Å². The van der Waals surface area contributed by atoms with E-state index in [0.717, 1.165) is 40.6 Å². The minimum absolute atomic E-state index is 0.150. The highest BCUT2D eigenvalue weighted by atomic mass is 16.7. The average Bonchev–Trinajstić information content (AvgIpc) is 3.48. The standard InChI is InChI=1S/C24H23N5O2/c1-2-25-22(19-13-14-20-21(15-19)31-16-30-20)24-26-27-28-29(24)23(17-9-5-3-6-10-17)18-11-7-4-8-12-18/h3-15,22-23,25H,2,16H2,1H3. The Hall–Kier alpha value is -3.71. The Morgan fingerprint density at radius 2 is 1.55 bits per heavy atom. The van der Waals surface area contributed by atoms with Crippen molar-refractivity contribution < 1.29 is 9.47 Å². The Kier molecular flexibility index (Phi) is 5.33. The fourth-order valence-electron chi connectivity index (χ4n) is 3.98. The smallest absolute Gasteiger partial charge is 0.231 e. The van der Waals surface area contributed by atoms with Crippen molar-refractivity contribution in [2.75, 3.05) is 13.3 Å². The zero-order valence-electron chi connectivity index (χ0n) is 17.2. The SMILES string of the molecule is CCNC(c1ccc2c(c1)OCO2)c1nnnn1C(c1ccccc1)c1ccccc1. The van der Waals surface area contributed by atoms with Gasteiger partial charge < -0.3 is 14.8 Å². The van der Waals surface area contributed by atoms with Crippen LogP contribution in [0.5, 0.6) is 11.5 Å². The molecular formula is C24H23N5O2. The molecule has 1 aromatic heterocycles. The van der Waals surface area contributed by atoms with Gasteiger partial charge in [0.2, 0.25) is 6.79 Å². The summed E-state index contributed by atoms with van der Waals surface area (Å²) in [5, 5.41) is 16.5. The molecule has 7 heteroatoms. The molecule has 2 heterocycles. The monoisotopic (exact) mass is 413 g/mol. The van der Waals surface area contributed by atoms with Crippen LogP contribution in [0.3, 0.4) is 0 Å². The van der Waals surface area contributed by atoms with Gasteiger partial charge in [-0.05, 0) is 45.8 Å². The van der Waals surface area contributed by atoms with E-state index in [9.17, 15) is 0 Å². The van der Waals surface area contributed by atoms with Crippen molar-refractivity contribution >= 4 is 0 Å². The molecule has 1 atom stereocenters. The predicted octanol–water partition coefficient (Wildman–Crippen LogP) is 3.74. The average molecular weight is 413 g/mol. The number of hydrogen-bond acceptors (Lipinski definition) is 6. The van der Waals surface area contributed by atoms with Gasteiger partial charge in [-0.15, -0.1) is 5.10 Å². The number of aromatic nitrogens is 4. The highest BCUT2D eigenvalue weighted by Gasteiger charge is 2.28. The van der Waals surface area contributed by atoms with Crippen LogP contribution in [-0.2, 0) is 0 Å². The van der Waals surface area contributed by atoms with Crippen molar-refractivity contribution in [3.63, 3.8) is 0 Å². The Balaban J connectivity index is 1.62. The number of fused-ring (bicyclic) bond motifs is 1. The molecule has 0 aliphatic carbocycles. The zero-order chi connectivity index (χ0) is 21.0. The van der Waals surface area contributed by atoms with Crippen LogP contribution in [0.15, 0.2) is 78.9 Å². The first-order valence-electron chi connectivity index (χ1n) is 10.4. The van der Waals surface area contributed by atoms with Gasteiger partial charge in [-0.1, -0.05) is 73.7 Å². The first-order valence-corrected chi connectivity index (χ1v) is 10.4. The molecule has 156 valence electrons. The molecule has 0 fully saturated rings. The molecule has 4 aromatic rings. The molecule has 31 heavy (non-hydrogen) atoms. The maximum Gasteiger partial charge on any atom is 0.231 e. The Bertz CT molecular complexity index is 1110. The molecule has 0 saturated heterocycles. The highest BCUT2D eigenvalue weighted by molar-refractivity contribution is 5.46. The van der Waals surface area contributed by atoms with Gasteiger partial charge in [0.15, 0.2) is 17.3 Å². The molecule has 1 aliphatic rings. The summed E-state index contributed by atoms with van der Waals surface area (Å²) in [5.41, 5.74) is 3.24. The van der Waals surface area contributed by atoms with Gasteiger partial charge in [0.1, 0.15) is 6.04 Å². The predicted molar refractivity (Wildman–Crippen MR) is 116 cm³/mol. The van der Waals surface area contributed by atoms with E-state index >= 15 is 0 Å². The zero-order valence-corrected chi connectivity index (χ0v) is 17.2. The maximum atomic E-state index is 5.59. The van der Waals surface area contributed by atoms with Crippen molar-refractivity contribution in [3.8, 4) is 11.5 Å². The minimum atomic E-state index is -0.204. The van der Waals surface area contributed by atoms with Crippen LogP contribution in [0.2, 0.25) is 0 Å². The number of tetrazole rings is 1. The van der Waals surface area contributed by atoms with E-state index in [1.807, 2.05) is 59.3 Å². The first kappa shape index (κ1) is 19.3. The molecule has 3 aromatic carbocycles. The van der Waals surface area contributed by atoms with Crippen molar-refractivity contribution in [2.24, 2.45) is 0 Å². The Morgan fingerprint density at radius 3 is 2.23 bits per heavy atom. The van der Waals surface area contributed by atoms with Gasteiger partial charge in [0, 0.05) is 0 Å². The number of rotatable bonds is 7. The lowest BCUT2D eigenvalue weighted by molar-refractivity contribution is 0.174. The van der Waals surface area contributed by atoms with E-state index in [1.165, 1.54) is 0 Å². The normalized spacial score (nSPS) is 13.5. The quantitative estimate of drug-likeness (QED) is 0.498. The molecule has 0 saturated carbocycles. The summed E-state index contributed by atoms with van der Waals surface area (Å²) in [7, 11) is 0. The molecule has 1 N–H and O–H groups in total. The number of ether oxygens (including phenoxy) is 2. The lowest BCUT2D eigenvalue weighted by atomic mass is 9.98. The molecule has 0 amide bonds. The molecule has 0 bridgehead atoms. The van der Waals surface area contributed by atoms with Crippen LogP contribution >= 0.6 is 0 Å². The van der Waals surface area contributed by atoms with Gasteiger partial charge in [-0.3, -0.25) is 0 Å². The van der Waals surface area contributed by atoms with Crippen molar-refractivity contribution in [1.29, 1.82) is 0 Å². The summed E-state index contributed by atoms with van der Waals surface area (Å²) in [5.74, 6) is 2.23. The number of benzene rings is 3. The fourth-order valence-corrected chi connectivity index (χ4v) is 3.98. The van der Waals surface area contributed by atoms with Gasteiger partial charge in [0.05, 0.1) is 6.04 Å². The maximum absolute atomic E-state index is 5.59. The van der Waals surface area contributed by atoms with Crippen LogP contribution in [0.4, 0.5) is 0 Å². The second-order valence-corrected chi connectivity index (χ2v) is 7.31. The third kappa shape index (κ3) is 3.75. The van der Waals surface area contributed by atoms with E-state index in [0.29, 0.717) is 0 Å². The molecule has 7 nitrogen and oxygen atoms in total. The number of nitrogens with zero attached hydrogens (tertiary/aromatic N) is 4. The highest BCUT2D eigenvalue weighted by Crippen LogP contribution is 2.36. The summed E-state index contributed by atoms with van der Waals surface area (Å²) in [6.07, 6.45) is 0. The van der Waals surface area contributed by atoms with Gasteiger partial charge >= 0.3 is 0 Å². The number of nitrogens with one attached hydrogen (secondary N) is 1. The van der Waals surface area contributed by atoms with Gasteiger partial charge in [0.25, 0.3) is 0 Å². The summed E-state index contributed by atoms with van der Waals surface area (Å²) >= 11 is 0. The lowest BCUT2D eigenvalue weighted by Gasteiger charge is -2.23.